The molecule has 2 aromatic rings. The summed E-state index contributed by atoms with van der Waals surface area (Å²) in [5, 5.41) is 9.91. The molecule has 0 aliphatic heterocycles. The molecule has 0 aliphatic carbocycles. The van der Waals surface area contributed by atoms with Crippen LogP contribution in [0.15, 0.2) is 36.4 Å². The van der Waals surface area contributed by atoms with Gasteiger partial charge in [0.2, 0.25) is 0 Å². The molecule has 1 N–H and O–H groups in total. The van der Waals surface area contributed by atoms with Crippen molar-refractivity contribution in [3.8, 4) is 16.9 Å². The first kappa shape index (κ1) is 14.4. The molecule has 0 fully saturated rings. The van der Waals surface area contributed by atoms with Crippen molar-refractivity contribution in [1.82, 2.24) is 0 Å². The molecule has 104 valence electrons. The lowest BCUT2D eigenvalue weighted by atomic mass is 9.97. The second-order valence-corrected chi connectivity index (χ2v) is 4.43. The first-order chi connectivity index (χ1) is 9.36. The summed E-state index contributed by atoms with van der Waals surface area (Å²) in [4.78, 5) is 10.8. The number of rotatable bonds is 2. The molecule has 0 bridgehead atoms. The first-order valence-corrected chi connectivity index (χ1v) is 5.87. The molecule has 0 aromatic heterocycles. The van der Waals surface area contributed by atoms with Gasteiger partial charge in [0, 0.05) is 5.56 Å². The fourth-order valence-electron chi connectivity index (χ4n) is 1.88. The van der Waals surface area contributed by atoms with E-state index in [4.69, 9.17) is 11.6 Å². The summed E-state index contributed by atoms with van der Waals surface area (Å²) in [6, 6.07) is 7.31. The van der Waals surface area contributed by atoms with Crippen molar-refractivity contribution >= 4 is 17.9 Å². The van der Waals surface area contributed by atoms with Gasteiger partial charge in [-0.25, -0.2) is 0 Å². The van der Waals surface area contributed by atoms with Crippen LogP contribution in [0.1, 0.15) is 15.9 Å². The van der Waals surface area contributed by atoms with Gasteiger partial charge < -0.3 is 5.11 Å². The van der Waals surface area contributed by atoms with Gasteiger partial charge in [0.05, 0.1) is 16.1 Å². The van der Waals surface area contributed by atoms with E-state index in [1.807, 2.05) is 0 Å². The summed E-state index contributed by atoms with van der Waals surface area (Å²) in [6.07, 6.45) is -4.26. The topological polar surface area (TPSA) is 37.3 Å². The number of phenolic OH excluding ortho intramolecular Hbond substituents is 1. The monoisotopic (exact) mass is 300 g/mol. The molecular weight excluding hydrogens is 293 g/mol. The number of carbonyl (C=O) groups excluding carboxylic acids is 1. The molecule has 0 saturated carbocycles. The molecular formula is C14H8ClF3O2. The quantitative estimate of drug-likeness (QED) is 0.827. The Morgan fingerprint density at radius 3 is 2.30 bits per heavy atom. The lowest BCUT2D eigenvalue weighted by Gasteiger charge is -2.14. The molecule has 0 radical (unpaired) electrons. The Labute approximate surface area is 117 Å². The van der Waals surface area contributed by atoms with Crippen molar-refractivity contribution in [3.63, 3.8) is 0 Å². The summed E-state index contributed by atoms with van der Waals surface area (Å²) in [5.74, 6) is -0.566. The van der Waals surface area contributed by atoms with E-state index in [1.54, 1.807) is 0 Å². The Balaban J connectivity index is 2.73. The molecule has 2 rings (SSSR count). The average molecular weight is 301 g/mol. The summed E-state index contributed by atoms with van der Waals surface area (Å²) in [6.45, 7) is 0. The minimum absolute atomic E-state index is 0.0225. The Kier molecular flexibility index (Phi) is 3.72. The fourth-order valence-corrected chi connectivity index (χ4v) is 2.08. The minimum Gasteiger partial charge on any atom is -0.506 e. The van der Waals surface area contributed by atoms with Crippen LogP contribution in [0.5, 0.6) is 5.75 Å². The number of halogens is 4. The summed E-state index contributed by atoms with van der Waals surface area (Å²) in [5.41, 5.74) is -1.43. The Bertz CT molecular complexity index is 666. The Morgan fingerprint density at radius 1 is 1.05 bits per heavy atom. The van der Waals surface area contributed by atoms with Gasteiger partial charge in [-0.05, 0) is 23.8 Å². The number of hydrogen-bond acceptors (Lipinski definition) is 2. The van der Waals surface area contributed by atoms with Gasteiger partial charge in [-0.1, -0.05) is 29.8 Å². The highest BCUT2D eigenvalue weighted by Crippen LogP contribution is 2.41. The normalized spacial score (nSPS) is 11.4. The van der Waals surface area contributed by atoms with Crippen LogP contribution in [0, 0.1) is 0 Å². The summed E-state index contributed by atoms with van der Waals surface area (Å²) in [7, 11) is 0. The van der Waals surface area contributed by atoms with E-state index in [1.165, 1.54) is 30.3 Å². The standard InChI is InChI=1S/C14H8ClF3O2/c15-12-6-5-9(13(20)10(12)7-19)8-3-1-2-4-11(8)14(16,17)18/h1-7,20H. The van der Waals surface area contributed by atoms with Crippen LogP contribution in [0.2, 0.25) is 5.02 Å². The third kappa shape index (κ3) is 2.49. The predicted octanol–water partition coefficient (Wildman–Crippen LogP) is 4.54. The second-order valence-electron chi connectivity index (χ2n) is 4.02. The van der Waals surface area contributed by atoms with Crippen LogP contribution in [-0.4, -0.2) is 11.4 Å². The van der Waals surface area contributed by atoms with Crippen LogP contribution >= 0.6 is 11.6 Å². The van der Waals surface area contributed by atoms with Gasteiger partial charge in [0.1, 0.15) is 5.75 Å². The molecule has 0 spiro atoms. The van der Waals surface area contributed by atoms with Crippen molar-refractivity contribution in [3.05, 3.63) is 52.5 Å². The molecule has 2 aromatic carbocycles. The zero-order valence-electron chi connectivity index (χ0n) is 9.91. The van der Waals surface area contributed by atoms with E-state index in [2.05, 4.69) is 0 Å². The van der Waals surface area contributed by atoms with Crippen LogP contribution in [0.4, 0.5) is 13.2 Å². The number of carbonyl (C=O) groups is 1. The summed E-state index contributed by atoms with van der Waals surface area (Å²) < 4.78 is 38.9. The van der Waals surface area contributed by atoms with Gasteiger partial charge >= 0.3 is 6.18 Å². The molecule has 6 heteroatoms. The van der Waals surface area contributed by atoms with Crippen LogP contribution in [0.25, 0.3) is 11.1 Å². The van der Waals surface area contributed by atoms with Crippen molar-refractivity contribution in [2.75, 3.05) is 0 Å². The van der Waals surface area contributed by atoms with Gasteiger partial charge in [0.25, 0.3) is 0 Å². The van der Waals surface area contributed by atoms with E-state index in [0.29, 0.717) is 6.29 Å². The molecule has 20 heavy (non-hydrogen) atoms. The zero-order valence-corrected chi connectivity index (χ0v) is 10.7. The highest BCUT2D eigenvalue weighted by Gasteiger charge is 2.34. The van der Waals surface area contributed by atoms with Crippen molar-refractivity contribution in [2.24, 2.45) is 0 Å². The number of hydrogen-bond donors (Lipinski definition) is 1. The van der Waals surface area contributed by atoms with Crippen LogP contribution in [-0.2, 0) is 6.18 Å². The number of aromatic hydroxyl groups is 1. The predicted molar refractivity (Wildman–Crippen MR) is 68.9 cm³/mol. The molecule has 0 unspecified atom stereocenters. The van der Waals surface area contributed by atoms with Gasteiger partial charge in [0.15, 0.2) is 6.29 Å². The van der Waals surface area contributed by atoms with E-state index in [0.717, 1.165) is 6.07 Å². The van der Waals surface area contributed by atoms with Gasteiger partial charge in [-0.15, -0.1) is 0 Å². The van der Waals surface area contributed by atoms with Crippen molar-refractivity contribution < 1.29 is 23.1 Å². The van der Waals surface area contributed by atoms with Crippen LogP contribution < -0.4 is 0 Å². The third-order valence-electron chi connectivity index (χ3n) is 2.80. The first-order valence-electron chi connectivity index (χ1n) is 5.49. The molecule has 0 atom stereocenters. The second kappa shape index (κ2) is 5.17. The van der Waals surface area contributed by atoms with Crippen molar-refractivity contribution in [1.29, 1.82) is 0 Å². The highest BCUT2D eigenvalue weighted by atomic mass is 35.5. The third-order valence-corrected chi connectivity index (χ3v) is 3.13. The van der Waals surface area contributed by atoms with E-state index in [9.17, 15) is 23.1 Å². The van der Waals surface area contributed by atoms with E-state index >= 15 is 0 Å². The number of benzene rings is 2. The molecule has 0 aliphatic rings. The van der Waals surface area contributed by atoms with Crippen molar-refractivity contribution in [2.45, 2.75) is 6.18 Å². The van der Waals surface area contributed by atoms with E-state index in [-0.39, 0.29) is 21.7 Å². The highest BCUT2D eigenvalue weighted by molar-refractivity contribution is 6.33. The molecule has 2 nitrogen and oxygen atoms in total. The summed E-state index contributed by atoms with van der Waals surface area (Å²) >= 11 is 5.71. The fraction of sp³-hybridized carbons (Fsp3) is 0.0714. The number of phenols is 1. The Hall–Kier alpha value is -2.01. The van der Waals surface area contributed by atoms with Gasteiger partial charge in [-0.3, -0.25) is 4.79 Å². The molecule has 0 saturated heterocycles. The lowest BCUT2D eigenvalue weighted by molar-refractivity contribution is -0.137. The maximum Gasteiger partial charge on any atom is 0.417 e. The average Bonchev–Trinajstić information content (AvgIpc) is 2.38. The smallest absolute Gasteiger partial charge is 0.417 e. The maximum atomic E-state index is 13.0. The SMILES string of the molecule is O=Cc1c(Cl)ccc(-c2ccccc2C(F)(F)F)c1O. The van der Waals surface area contributed by atoms with E-state index < -0.39 is 17.5 Å². The zero-order chi connectivity index (χ0) is 14.9. The Morgan fingerprint density at radius 2 is 1.70 bits per heavy atom. The molecule has 0 amide bonds. The minimum atomic E-state index is -4.57. The van der Waals surface area contributed by atoms with Crippen LogP contribution in [0.3, 0.4) is 0 Å². The number of alkyl halides is 3. The lowest BCUT2D eigenvalue weighted by Crippen LogP contribution is -2.07. The maximum absolute atomic E-state index is 13.0. The van der Waals surface area contributed by atoms with Gasteiger partial charge in [-0.2, -0.15) is 13.2 Å². The number of aldehydes is 1. The molecule has 0 heterocycles. The largest absolute Gasteiger partial charge is 0.506 e.